The number of benzene rings is 2. The van der Waals surface area contributed by atoms with Gasteiger partial charge in [0.2, 0.25) is 5.91 Å². The maximum absolute atomic E-state index is 12.4. The second kappa shape index (κ2) is 8.75. The molecule has 1 N–H and O–H groups in total. The second-order valence-corrected chi connectivity index (χ2v) is 8.85. The number of aromatic amines is 1. The zero-order valence-corrected chi connectivity index (χ0v) is 18.4. The molecule has 1 aromatic heterocycles. The molecule has 2 aliphatic rings. The Morgan fingerprint density at radius 1 is 0.968 bits per heavy atom. The Bertz CT molecular complexity index is 1040. The summed E-state index contributed by atoms with van der Waals surface area (Å²) in [6.45, 7) is 8.01. The smallest absolute Gasteiger partial charge is 0.220 e. The number of fused-ring (bicyclic) bond motifs is 3. The first-order valence-corrected chi connectivity index (χ1v) is 11.6. The molecule has 0 bridgehead atoms. The van der Waals surface area contributed by atoms with Crippen LogP contribution in [0.1, 0.15) is 37.1 Å². The molecule has 0 radical (unpaired) electrons. The Kier molecular flexibility index (Phi) is 5.68. The van der Waals surface area contributed by atoms with Crippen LogP contribution in [0.4, 0.5) is 5.69 Å². The number of aromatic nitrogens is 1. The normalized spacial score (nSPS) is 19.6. The zero-order valence-electron chi connectivity index (χ0n) is 18.4. The van der Waals surface area contributed by atoms with Crippen molar-refractivity contribution in [3.8, 4) is 0 Å². The molecule has 0 saturated carbocycles. The Hall–Kier alpha value is -2.79. The van der Waals surface area contributed by atoms with Crippen LogP contribution in [0, 0.1) is 0 Å². The van der Waals surface area contributed by atoms with E-state index in [0.717, 1.165) is 58.5 Å². The highest BCUT2D eigenvalue weighted by Crippen LogP contribution is 2.37. The van der Waals surface area contributed by atoms with Gasteiger partial charge in [-0.2, -0.15) is 0 Å². The number of para-hydroxylation sites is 2. The van der Waals surface area contributed by atoms with Crippen molar-refractivity contribution in [2.75, 3.05) is 44.2 Å². The second-order valence-electron chi connectivity index (χ2n) is 8.85. The van der Waals surface area contributed by atoms with E-state index in [1.807, 2.05) is 0 Å². The first-order chi connectivity index (χ1) is 15.2. The number of nitrogens with zero attached hydrogens (tertiary/aromatic N) is 3. The standard InChI is InChI=1S/C26H32N4O/c1-20(31)30-15-13-23-22-10-5-6-11-24(22)27-26(23)25(30)12-7-14-28-16-18-29(19-17-28)21-8-3-2-4-9-21/h2-6,8-11,25,27H,7,12-19H2,1H3. The maximum atomic E-state index is 12.4. The summed E-state index contributed by atoms with van der Waals surface area (Å²) < 4.78 is 0. The summed E-state index contributed by atoms with van der Waals surface area (Å²) in [5.74, 6) is 0.186. The summed E-state index contributed by atoms with van der Waals surface area (Å²) in [5.41, 5.74) is 5.19. The number of piperazine rings is 1. The summed E-state index contributed by atoms with van der Waals surface area (Å²) in [4.78, 5) is 23.1. The van der Waals surface area contributed by atoms with E-state index >= 15 is 0 Å². The molecule has 0 spiro atoms. The van der Waals surface area contributed by atoms with Gasteiger partial charge in [-0.05, 0) is 49.6 Å². The fraction of sp³-hybridized carbons (Fsp3) is 0.423. The van der Waals surface area contributed by atoms with Crippen molar-refractivity contribution >= 4 is 22.5 Å². The Morgan fingerprint density at radius 2 is 1.71 bits per heavy atom. The highest BCUT2D eigenvalue weighted by molar-refractivity contribution is 5.86. The Morgan fingerprint density at radius 3 is 2.48 bits per heavy atom. The third-order valence-electron chi connectivity index (χ3n) is 7.01. The van der Waals surface area contributed by atoms with Crippen molar-refractivity contribution in [2.45, 2.75) is 32.2 Å². The minimum atomic E-state index is 0.166. The third-order valence-corrected chi connectivity index (χ3v) is 7.01. The first kappa shape index (κ1) is 20.1. The van der Waals surface area contributed by atoms with Gasteiger partial charge < -0.3 is 14.8 Å². The summed E-state index contributed by atoms with van der Waals surface area (Å²) in [6.07, 6.45) is 3.06. The molecule has 1 unspecified atom stereocenters. The molecule has 162 valence electrons. The van der Waals surface area contributed by atoms with Crippen molar-refractivity contribution in [3.05, 3.63) is 65.9 Å². The molecule has 0 aliphatic carbocycles. The van der Waals surface area contributed by atoms with Crippen LogP contribution in [0.5, 0.6) is 0 Å². The molecule has 5 heteroatoms. The lowest BCUT2D eigenvalue weighted by atomic mass is 9.94. The minimum Gasteiger partial charge on any atom is -0.369 e. The van der Waals surface area contributed by atoms with Gasteiger partial charge in [-0.15, -0.1) is 0 Å². The number of nitrogens with one attached hydrogen (secondary N) is 1. The number of anilines is 1. The van der Waals surface area contributed by atoms with Crippen molar-refractivity contribution in [3.63, 3.8) is 0 Å². The fourth-order valence-corrected chi connectivity index (χ4v) is 5.37. The topological polar surface area (TPSA) is 42.6 Å². The monoisotopic (exact) mass is 416 g/mol. The van der Waals surface area contributed by atoms with E-state index in [2.05, 4.69) is 74.3 Å². The van der Waals surface area contributed by atoms with E-state index in [-0.39, 0.29) is 11.9 Å². The van der Waals surface area contributed by atoms with Crippen LogP contribution >= 0.6 is 0 Å². The SMILES string of the molecule is CC(=O)N1CCc2c([nH]c3ccccc23)C1CCCN1CCN(c2ccccc2)CC1. The minimum absolute atomic E-state index is 0.166. The van der Waals surface area contributed by atoms with Crippen LogP contribution in [-0.2, 0) is 11.2 Å². The predicted octanol–water partition coefficient (Wildman–Crippen LogP) is 4.22. The molecule has 5 nitrogen and oxygen atoms in total. The van der Waals surface area contributed by atoms with Gasteiger partial charge >= 0.3 is 0 Å². The number of rotatable bonds is 5. The predicted molar refractivity (Wildman–Crippen MR) is 126 cm³/mol. The molecule has 31 heavy (non-hydrogen) atoms. The molecule has 1 fully saturated rings. The highest BCUT2D eigenvalue weighted by atomic mass is 16.2. The number of carbonyl (C=O) groups excluding carboxylic acids is 1. The zero-order chi connectivity index (χ0) is 21.2. The number of carbonyl (C=O) groups is 1. The largest absolute Gasteiger partial charge is 0.369 e. The average Bonchev–Trinajstić information content (AvgIpc) is 3.19. The lowest BCUT2D eigenvalue weighted by Gasteiger charge is -2.38. The van der Waals surface area contributed by atoms with Gasteiger partial charge in [-0.1, -0.05) is 36.4 Å². The molecule has 3 aromatic rings. The number of amides is 1. The van der Waals surface area contributed by atoms with Gasteiger partial charge in [0, 0.05) is 61.9 Å². The molecular formula is C26H32N4O. The number of hydrogen-bond donors (Lipinski definition) is 1. The van der Waals surface area contributed by atoms with Gasteiger partial charge in [-0.3, -0.25) is 9.69 Å². The number of H-pyrrole nitrogens is 1. The third kappa shape index (κ3) is 4.07. The van der Waals surface area contributed by atoms with Crippen LogP contribution < -0.4 is 4.90 Å². The average molecular weight is 417 g/mol. The van der Waals surface area contributed by atoms with Gasteiger partial charge in [0.15, 0.2) is 0 Å². The number of hydrogen-bond acceptors (Lipinski definition) is 3. The van der Waals surface area contributed by atoms with Gasteiger partial charge in [0.1, 0.15) is 0 Å². The molecule has 2 aromatic carbocycles. The van der Waals surface area contributed by atoms with E-state index < -0.39 is 0 Å². The molecule has 1 amide bonds. The van der Waals surface area contributed by atoms with Gasteiger partial charge in [0.05, 0.1) is 6.04 Å². The summed E-state index contributed by atoms with van der Waals surface area (Å²) >= 11 is 0. The van der Waals surface area contributed by atoms with Crippen molar-refractivity contribution in [1.82, 2.24) is 14.8 Å². The van der Waals surface area contributed by atoms with Crippen molar-refractivity contribution in [1.29, 1.82) is 0 Å². The lowest BCUT2D eigenvalue weighted by Crippen LogP contribution is -2.46. The highest BCUT2D eigenvalue weighted by Gasteiger charge is 2.31. The van der Waals surface area contributed by atoms with Crippen LogP contribution in [-0.4, -0.2) is 60.0 Å². The van der Waals surface area contributed by atoms with E-state index in [0.29, 0.717) is 0 Å². The van der Waals surface area contributed by atoms with Gasteiger partial charge in [0.25, 0.3) is 0 Å². The molecule has 5 rings (SSSR count). The van der Waals surface area contributed by atoms with E-state index in [4.69, 9.17) is 0 Å². The van der Waals surface area contributed by atoms with Crippen molar-refractivity contribution < 1.29 is 4.79 Å². The van der Waals surface area contributed by atoms with Crippen LogP contribution in [0.25, 0.3) is 10.9 Å². The molecule has 2 aliphatic heterocycles. The maximum Gasteiger partial charge on any atom is 0.220 e. The van der Waals surface area contributed by atoms with E-state index in [9.17, 15) is 4.79 Å². The van der Waals surface area contributed by atoms with Crippen LogP contribution in [0.3, 0.4) is 0 Å². The Labute approximate surface area is 184 Å². The summed E-state index contributed by atoms with van der Waals surface area (Å²) in [7, 11) is 0. The summed E-state index contributed by atoms with van der Waals surface area (Å²) in [6, 6.07) is 19.4. The molecular weight excluding hydrogens is 384 g/mol. The van der Waals surface area contributed by atoms with Crippen LogP contribution in [0.2, 0.25) is 0 Å². The van der Waals surface area contributed by atoms with E-state index in [1.54, 1.807) is 6.92 Å². The lowest BCUT2D eigenvalue weighted by molar-refractivity contribution is -0.132. The molecule has 3 heterocycles. The van der Waals surface area contributed by atoms with Gasteiger partial charge in [-0.25, -0.2) is 0 Å². The fourth-order valence-electron chi connectivity index (χ4n) is 5.37. The van der Waals surface area contributed by atoms with Crippen molar-refractivity contribution in [2.24, 2.45) is 0 Å². The summed E-state index contributed by atoms with van der Waals surface area (Å²) in [5, 5.41) is 1.32. The van der Waals surface area contributed by atoms with Crippen LogP contribution in [0.15, 0.2) is 54.6 Å². The quantitative estimate of drug-likeness (QED) is 0.677. The Balaban J connectivity index is 1.22. The first-order valence-electron chi connectivity index (χ1n) is 11.6. The molecule has 1 saturated heterocycles. The van der Waals surface area contributed by atoms with E-state index in [1.165, 1.54) is 27.8 Å². The molecule has 1 atom stereocenters.